The molecule has 6 heteroatoms. The maximum Gasteiger partial charge on any atom is 0.251 e. The van der Waals surface area contributed by atoms with E-state index in [1.807, 2.05) is 31.2 Å². The van der Waals surface area contributed by atoms with Crippen LogP contribution >= 0.6 is 11.6 Å². The highest BCUT2D eigenvalue weighted by Crippen LogP contribution is 2.41. The smallest absolute Gasteiger partial charge is 0.251 e. The number of amides is 2. The van der Waals surface area contributed by atoms with Gasteiger partial charge >= 0.3 is 0 Å². The van der Waals surface area contributed by atoms with Gasteiger partial charge in [0.2, 0.25) is 5.91 Å². The van der Waals surface area contributed by atoms with E-state index in [-0.39, 0.29) is 24.4 Å². The molecular weight excluding hydrogens is 362 g/mol. The summed E-state index contributed by atoms with van der Waals surface area (Å²) in [6.07, 6.45) is 2.33. The van der Waals surface area contributed by atoms with Gasteiger partial charge in [0.1, 0.15) is 0 Å². The van der Waals surface area contributed by atoms with E-state index in [0.29, 0.717) is 28.7 Å². The standard InChI is InChI=1S/C21H24ClN3O2/c1-2-23-21(27)16-4-3-5-18(12-16)25-19(26)13-24-20(14-6-7-14)15-8-10-17(22)11-9-15/h3-5,8-12,14,20,24H,2,6-7,13H2,1H3,(H,23,27)(H,25,26)/t20-/m0/s1. The van der Waals surface area contributed by atoms with Crippen molar-refractivity contribution in [3.8, 4) is 0 Å². The molecule has 2 aromatic rings. The molecule has 3 rings (SSSR count). The van der Waals surface area contributed by atoms with Crippen molar-refractivity contribution in [2.45, 2.75) is 25.8 Å². The molecule has 0 aromatic heterocycles. The third kappa shape index (κ3) is 5.55. The summed E-state index contributed by atoms with van der Waals surface area (Å²) in [6, 6.07) is 14.9. The number of carbonyl (C=O) groups excluding carboxylic acids is 2. The third-order valence-corrected chi connectivity index (χ3v) is 4.80. The second kappa shape index (κ2) is 9.02. The van der Waals surface area contributed by atoms with Crippen molar-refractivity contribution in [1.82, 2.24) is 10.6 Å². The highest BCUT2D eigenvalue weighted by molar-refractivity contribution is 6.30. The zero-order valence-electron chi connectivity index (χ0n) is 15.3. The fraction of sp³-hybridized carbons (Fsp3) is 0.333. The maximum atomic E-state index is 12.4. The SMILES string of the molecule is CCNC(=O)c1cccc(NC(=O)CN[C@H](c2ccc(Cl)cc2)C2CC2)c1. The van der Waals surface area contributed by atoms with Crippen molar-refractivity contribution in [2.75, 3.05) is 18.4 Å². The molecule has 3 N–H and O–H groups in total. The van der Waals surface area contributed by atoms with Gasteiger partial charge in [0, 0.05) is 28.9 Å². The third-order valence-electron chi connectivity index (χ3n) is 4.55. The molecule has 2 amide bonds. The van der Waals surface area contributed by atoms with Gasteiger partial charge in [-0.15, -0.1) is 0 Å². The van der Waals surface area contributed by atoms with Gasteiger partial charge in [-0.1, -0.05) is 29.8 Å². The molecule has 0 saturated heterocycles. The molecule has 0 unspecified atom stereocenters. The quantitative estimate of drug-likeness (QED) is 0.647. The van der Waals surface area contributed by atoms with E-state index in [0.717, 1.165) is 18.4 Å². The Hall–Kier alpha value is -2.37. The van der Waals surface area contributed by atoms with Gasteiger partial charge < -0.3 is 16.0 Å². The lowest BCUT2D eigenvalue weighted by Gasteiger charge is -2.19. The number of hydrogen-bond acceptors (Lipinski definition) is 3. The van der Waals surface area contributed by atoms with Crippen LogP contribution in [0.4, 0.5) is 5.69 Å². The average Bonchev–Trinajstić information content (AvgIpc) is 3.49. The summed E-state index contributed by atoms with van der Waals surface area (Å²) in [5.41, 5.74) is 2.28. The van der Waals surface area contributed by atoms with Crippen molar-refractivity contribution < 1.29 is 9.59 Å². The first kappa shape index (κ1) is 19.4. The summed E-state index contributed by atoms with van der Waals surface area (Å²) in [5, 5.41) is 9.67. The molecule has 0 spiro atoms. The van der Waals surface area contributed by atoms with Crippen LogP contribution in [0.2, 0.25) is 5.02 Å². The second-order valence-electron chi connectivity index (χ2n) is 6.74. The molecule has 1 aliphatic carbocycles. The van der Waals surface area contributed by atoms with Crippen LogP contribution < -0.4 is 16.0 Å². The van der Waals surface area contributed by atoms with Gasteiger partial charge in [0.15, 0.2) is 0 Å². The average molecular weight is 386 g/mol. The van der Waals surface area contributed by atoms with Crippen molar-refractivity contribution in [3.05, 3.63) is 64.7 Å². The highest BCUT2D eigenvalue weighted by Gasteiger charge is 2.32. The summed E-state index contributed by atoms with van der Waals surface area (Å²) >= 11 is 5.97. The molecule has 0 heterocycles. The van der Waals surface area contributed by atoms with Gasteiger partial charge in [0.25, 0.3) is 5.91 Å². The molecular formula is C21H24ClN3O2. The van der Waals surface area contributed by atoms with Gasteiger partial charge in [0.05, 0.1) is 6.54 Å². The summed E-state index contributed by atoms with van der Waals surface area (Å²) in [6.45, 7) is 2.63. The number of benzene rings is 2. The minimum atomic E-state index is -0.150. The van der Waals surface area contributed by atoms with E-state index >= 15 is 0 Å². The number of nitrogens with one attached hydrogen (secondary N) is 3. The van der Waals surface area contributed by atoms with Gasteiger partial charge in [-0.2, -0.15) is 0 Å². The van der Waals surface area contributed by atoms with Gasteiger partial charge in [-0.05, 0) is 61.6 Å². The van der Waals surface area contributed by atoms with Crippen LogP contribution in [-0.2, 0) is 4.79 Å². The number of carbonyl (C=O) groups is 2. The molecule has 1 fully saturated rings. The van der Waals surface area contributed by atoms with Gasteiger partial charge in [-0.3, -0.25) is 9.59 Å². The van der Waals surface area contributed by atoms with Crippen molar-refractivity contribution in [1.29, 1.82) is 0 Å². The Morgan fingerprint density at radius 2 is 1.89 bits per heavy atom. The number of anilines is 1. The van der Waals surface area contributed by atoms with E-state index in [1.54, 1.807) is 24.3 Å². The number of halogens is 1. The molecule has 1 saturated carbocycles. The topological polar surface area (TPSA) is 70.2 Å². The first-order valence-corrected chi connectivity index (χ1v) is 9.61. The van der Waals surface area contributed by atoms with Crippen LogP contribution in [0.1, 0.15) is 41.7 Å². The molecule has 2 aromatic carbocycles. The Kier molecular flexibility index (Phi) is 6.48. The molecule has 142 valence electrons. The minimum Gasteiger partial charge on any atom is -0.352 e. The first-order valence-electron chi connectivity index (χ1n) is 9.23. The second-order valence-corrected chi connectivity index (χ2v) is 7.17. The maximum absolute atomic E-state index is 12.4. The predicted octanol–water partition coefficient (Wildman–Crippen LogP) is 3.77. The van der Waals surface area contributed by atoms with Gasteiger partial charge in [-0.25, -0.2) is 0 Å². The molecule has 5 nitrogen and oxygen atoms in total. The molecule has 1 atom stereocenters. The monoisotopic (exact) mass is 385 g/mol. The Bertz CT molecular complexity index is 803. The van der Waals surface area contributed by atoms with Crippen LogP contribution in [-0.4, -0.2) is 24.9 Å². The molecule has 0 radical (unpaired) electrons. The van der Waals surface area contributed by atoms with Crippen LogP contribution in [0.5, 0.6) is 0 Å². The Morgan fingerprint density at radius 1 is 1.15 bits per heavy atom. The number of rotatable bonds is 8. The van der Waals surface area contributed by atoms with E-state index in [1.165, 1.54) is 0 Å². The van der Waals surface area contributed by atoms with E-state index in [4.69, 9.17) is 11.6 Å². The zero-order valence-corrected chi connectivity index (χ0v) is 16.1. The normalized spacial score (nSPS) is 14.4. The summed E-state index contributed by atoms with van der Waals surface area (Å²) in [5.74, 6) is 0.269. The minimum absolute atomic E-state index is 0.136. The van der Waals surface area contributed by atoms with Crippen molar-refractivity contribution >= 4 is 29.1 Å². The lowest BCUT2D eigenvalue weighted by molar-refractivity contribution is -0.115. The molecule has 0 bridgehead atoms. The molecule has 0 aliphatic heterocycles. The zero-order chi connectivity index (χ0) is 19.2. The lowest BCUT2D eigenvalue weighted by atomic mass is 10.0. The van der Waals surface area contributed by atoms with Crippen molar-refractivity contribution in [2.24, 2.45) is 5.92 Å². The fourth-order valence-corrected chi connectivity index (χ4v) is 3.19. The summed E-state index contributed by atoms with van der Waals surface area (Å²) < 4.78 is 0. The summed E-state index contributed by atoms with van der Waals surface area (Å²) in [7, 11) is 0. The van der Waals surface area contributed by atoms with E-state index < -0.39 is 0 Å². The van der Waals surface area contributed by atoms with Crippen LogP contribution in [0.25, 0.3) is 0 Å². The molecule has 1 aliphatic rings. The largest absolute Gasteiger partial charge is 0.352 e. The predicted molar refractivity (Wildman–Crippen MR) is 108 cm³/mol. The summed E-state index contributed by atoms with van der Waals surface area (Å²) in [4.78, 5) is 24.3. The van der Waals surface area contributed by atoms with Crippen molar-refractivity contribution in [3.63, 3.8) is 0 Å². The Labute approximate surface area is 164 Å². The Balaban J connectivity index is 1.58. The van der Waals surface area contributed by atoms with E-state index in [9.17, 15) is 9.59 Å². The van der Waals surface area contributed by atoms with Crippen LogP contribution in [0.3, 0.4) is 0 Å². The highest BCUT2D eigenvalue weighted by atomic mass is 35.5. The van der Waals surface area contributed by atoms with Crippen LogP contribution in [0.15, 0.2) is 48.5 Å². The van der Waals surface area contributed by atoms with E-state index in [2.05, 4.69) is 16.0 Å². The number of hydrogen-bond donors (Lipinski definition) is 3. The molecule has 27 heavy (non-hydrogen) atoms. The van der Waals surface area contributed by atoms with Crippen LogP contribution in [0, 0.1) is 5.92 Å². The Morgan fingerprint density at radius 3 is 2.56 bits per heavy atom. The first-order chi connectivity index (χ1) is 13.1. The lowest BCUT2D eigenvalue weighted by Crippen LogP contribution is -2.32. The fourth-order valence-electron chi connectivity index (χ4n) is 3.07.